The number of nitrogens with zero attached hydrogens (tertiary/aromatic N) is 3. The van der Waals surface area contributed by atoms with E-state index in [-0.39, 0.29) is 29.6 Å². The van der Waals surface area contributed by atoms with Crippen molar-refractivity contribution in [2.75, 3.05) is 18.4 Å². The molecule has 11 heteroatoms. The molecule has 41 heavy (non-hydrogen) atoms. The normalized spacial score (nSPS) is 17.2. The van der Waals surface area contributed by atoms with Crippen LogP contribution in [0.2, 0.25) is 0 Å². The predicted octanol–water partition coefficient (Wildman–Crippen LogP) is 5.14. The van der Waals surface area contributed by atoms with Crippen molar-refractivity contribution in [2.45, 2.75) is 64.2 Å². The lowest BCUT2D eigenvalue weighted by Gasteiger charge is -2.30. The molecule has 5 rings (SSSR count). The fourth-order valence-electron chi connectivity index (χ4n) is 6.22. The van der Waals surface area contributed by atoms with Crippen LogP contribution in [0.4, 0.5) is 9.52 Å². The first-order chi connectivity index (χ1) is 19.6. The lowest BCUT2D eigenvalue weighted by molar-refractivity contribution is -0.145. The van der Waals surface area contributed by atoms with Crippen molar-refractivity contribution < 1.29 is 28.7 Å². The number of ketones is 1. The molecule has 2 aromatic heterocycles. The number of benzene rings is 1. The van der Waals surface area contributed by atoms with Crippen molar-refractivity contribution in [1.82, 2.24) is 14.5 Å². The van der Waals surface area contributed by atoms with Gasteiger partial charge < -0.3 is 19.9 Å². The Morgan fingerprint density at radius 1 is 1.15 bits per heavy atom. The van der Waals surface area contributed by atoms with Gasteiger partial charge in [0.2, 0.25) is 11.8 Å². The van der Waals surface area contributed by atoms with Crippen LogP contribution < -0.4 is 5.32 Å². The Kier molecular flexibility index (Phi) is 8.53. The van der Waals surface area contributed by atoms with E-state index in [1.54, 1.807) is 16.3 Å². The summed E-state index contributed by atoms with van der Waals surface area (Å²) < 4.78 is 16.7. The summed E-state index contributed by atoms with van der Waals surface area (Å²) in [4.78, 5) is 55.8. The molecule has 0 radical (unpaired) electrons. The minimum atomic E-state index is -0.822. The van der Waals surface area contributed by atoms with Gasteiger partial charge in [0.1, 0.15) is 5.82 Å². The summed E-state index contributed by atoms with van der Waals surface area (Å²) in [6.45, 7) is 2.15. The molecule has 9 nitrogen and oxygen atoms in total. The zero-order valence-corrected chi connectivity index (χ0v) is 24.1. The number of thiazole rings is 1. The number of Topliss-reactive ketones (excluding diaryl/α,β-unsaturated/α-hetero) is 1. The molecular weight excluding hydrogens is 547 g/mol. The quantitative estimate of drug-likeness (QED) is 0.337. The maximum Gasteiger partial charge on any atom is 0.306 e. The molecule has 1 saturated heterocycles. The van der Waals surface area contributed by atoms with E-state index in [1.165, 1.54) is 24.3 Å². The van der Waals surface area contributed by atoms with Gasteiger partial charge in [0.05, 0.1) is 29.5 Å². The molecule has 0 bridgehead atoms. The summed E-state index contributed by atoms with van der Waals surface area (Å²) >= 11 is 1.25. The number of carbonyl (C=O) groups excluding carboxylic acids is 3. The van der Waals surface area contributed by atoms with Gasteiger partial charge in [0, 0.05) is 42.6 Å². The Bertz CT molecular complexity index is 1480. The standard InChI is InChI=1S/C30H35FN4O5S/c1-17(36)21-14-26-22(13-25(21)31)24(15-34(26)2)23(11-18-5-3-4-6-18)28(38)33-30-32-20(16-41-30)12-27(37)35-9-7-19(8-10-35)29(39)40/h13-16,18-19,23H,3-12H2,1-2H3,(H,39,40)(H,32,33,38). The third-order valence-electron chi connectivity index (χ3n) is 8.54. The van der Waals surface area contributed by atoms with Gasteiger partial charge in [-0.3, -0.25) is 19.2 Å². The third kappa shape index (κ3) is 6.34. The number of fused-ring (bicyclic) bond motifs is 1. The second-order valence-corrected chi connectivity index (χ2v) is 12.2. The third-order valence-corrected chi connectivity index (χ3v) is 9.34. The van der Waals surface area contributed by atoms with Crippen LogP contribution in [0.15, 0.2) is 23.7 Å². The van der Waals surface area contributed by atoms with E-state index in [9.17, 15) is 28.7 Å². The molecule has 3 heterocycles. The molecule has 2 aliphatic rings. The van der Waals surface area contributed by atoms with E-state index < -0.39 is 23.6 Å². The molecule has 2 fully saturated rings. The molecule has 2 N–H and O–H groups in total. The first kappa shape index (κ1) is 28.9. The van der Waals surface area contributed by atoms with Gasteiger partial charge in [0.15, 0.2) is 10.9 Å². The Labute approximate surface area is 241 Å². The highest BCUT2D eigenvalue weighted by Crippen LogP contribution is 2.38. The number of halogens is 1. The van der Waals surface area contributed by atoms with Crippen LogP contribution in [0.1, 0.15) is 79.4 Å². The van der Waals surface area contributed by atoms with Gasteiger partial charge in [-0.1, -0.05) is 25.7 Å². The second kappa shape index (κ2) is 12.1. The van der Waals surface area contributed by atoms with Crippen molar-refractivity contribution in [3.63, 3.8) is 0 Å². The largest absolute Gasteiger partial charge is 0.481 e. The number of anilines is 1. The van der Waals surface area contributed by atoms with E-state index in [0.717, 1.165) is 31.2 Å². The monoisotopic (exact) mass is 582 g/mol. The Hall–Kier alpha value is -3.60. The smallest absolute Gasteiger partial charge is 0.306 e. The summed E-state index contributed by atoms with van der Waals surface area (Å²) in [6.07, 6.45) is 7.79. The van der Waals surface area contributed by atoms with Crippen LogP contribution in [0.25, 0.3) is 10.9 Å². The molecule has 1 aromatic carbocycles. The molecule has 218 valence electrons. The second-order valence-electron chi connectivity index (χ2n) is 11.3. The number of rotatable bonds is 9. The lowest BCUT2D eigenvalue weighted by Crippen LogP contribution is -2.41. The number of hydrogen-bond acceptors (Lipinski definition) is 6. The summed E-state index contributed by atoms with van der Waals surface area (Å²) in [7, 11) is 1.83. The SMILES string of the molecule is CC(=O)c1cc2c(cc1F)c(C(CC1CCCC1)C(=O)Nc1nc(CC(=O)N3CCC(C(=O)O)CC3)cs1)cn2C. The average Bonchev–Trinajstić information content (AvgIpc) is 3.68. The molecule has 1 atom stereocenters. The minimum absolute atomic E-state index is 0.0261. The zero-order chi connectivity index (χ0) is 29.3. The number of likely N-dealkylation sites (tertiary alicyclic amines) is 1. The highest BCUT2D eigenvalue weighted by atomic mass is 32.1. The molecule has 1 saturated carbocycles. The van der Waals surface area contributed by atoms with E-state index in [2.05, 4.69) is 10.3 Å². The number of carbonyl (C=O) groups is 4. The fourth-order valence-corrected chi connectivity index (χ4v) is 6.93. The van der Waals surface area contributed by atoms with Crippen molar-refractivity contribution in [3.05, 3.63) is 46.3 Å². The molecule has 3 aromatic rings. The van der Waals surface area contributed by atoms with Gasteiger partial charge in [-0.05, 0) is 49.8 Å². The summed E-state index contributed by atoms with van der Waals surface area (Å²) in [5, 5.41) is 14.9. The van der Waals surface area contributed by atoms with Crippen LogP contribution in [-0.4, -0.2) is 56.2 Å². The number of nitrogens with one attached hydrogen (secondary N) is 1. The highest BCUT2D eigenvalue weighted by molar-refractivity contribution is 7.13. The number of carboxylic acid groups (broad SMARTS) is 1. The van der Waals surface area contributed by atoms with Crippen molar-refractivity contribution in [2.24, 2.45) is 18.9 Å². The van der Waals surface area contributed by atoms with E-state index in [4.69, 9.17) is 0 Å². The van der Waals surface area contributed by atoms with Crippen LogP contribution in [0.5, 0.6) is 0 Å². The maximum absolute atomic E-state index is 14.9. The summed E-state index contributed by atoms with van der Waals surface area (Å²) in [6, 6.07) is 2.91. The number of piperidine rings is 1. The highest BCUT2D eigenvalue weighted by Gasteiger charge is 2.31. The topological polar surface area (TPSA) is 122 Å². The molecule has 2 amide bonds. The molecule has 1 aliphatic heterocycles. The van der Waals surface area contributed by atoms with Gasteiger partial charge in [-0.2, -0.15) is 0 Å². The zero-order valence-electron chi connectivity index (χ0n) is 23.3. The summed E-state index contributed by atoms with van der Waals surface area (Å²) in [5.41, 5.74) is 1.99. The van der Waals surface area contributed by atoms with Crippen LogP contribution in [0, 0.1) is 17.7 Å². The first-order valence-corrected chi connectivity index (χ1v) is 15.0. The van der Waals surface area contributed by atoms with Crippen LogP contribution in [0.3, 0.4) is 0 Å². The Morgan fingerprint density at radius 3 is 2.51 bits per heavy atom. The number of carboxylic acids is 1. The number of aryl methyl sites for hydroxylation is 1. The predicted molar refractivity (Wildman–Crippen MR) is 154 cm³/mol. The Morgan fingerprint density at radius 2 is 1.85 bits per heavy atom. The van der Waals surface area contributed by atoms with Gasteiger partial charge in [-0.15, -0.1) is 11.3 Å². The molecule has 1 aliphatic carbocycles. The maximum atomic E-state index is 14.9. The first-order valence-electron chi connectivity index (χ1n) is 14.2. The number of hydrogen-bond donors (Lipinski definition) is 2. The number of aromatic nitrogens is 2. The van der Waals surface area contributed by atoms with Gasteiger partial charge in [-0.25, -0.2) is 9.37 Å². The van der Waals surface area contributed by atoms with Crippen molar-refractivity contribution >= 4 is 50.9 Å². The molecule has 0 spiro atoms. The Balaban J connectivity index is 1.33. The van der Waals surface area contributed by atoms with E-state index >= 15 is 0 Å². The van der Waals surface area contributed by atoms with Gasteiger partial charge in [0.25, 0.3) is 0 Å². The van der Waals surface area contributed by atoms with Crippen LogP contribution in [-0.2, 0) is 27.9 Å². The fraction of sp³-hybridized carbons (Fsp3) is 0.500. The molecule has 1 unspecified atom stereocenters. The minimum Gasteiger partial charge on any atom is -0.481 e. The molecular formula is C30H35FN4O5S. The van der Waals surface area contributed by atoms with Gasteiger partial charge >= 0.3 is 5.97 Å². The number of amides is 2. The lowest BCUT2D eigenvalue weighted by atomic mass is 9.87. The summed E-state index contributed by atoms with van der Waals surface area (Å²) in [5.74, 6) is -2.67. The number of aliphatic carboxylic acids is 1. The van der Waals surface area contributed by atoms with Crippen molar-refractivity contribution in [3.8, 4) is 0 Å². The van der Waals surface area contributed by atoms with E-state index in [1.807, 2.05) is 17.8 Å². The average molecular weight is 583 g/mol. The van der Waals surface area contributed by atoms with Crippen LogP contribution >= 0.6 is 11.3 Å². The van der Waals surface area contributed by atoms with E-state index in [0.29, 0.717) is 60.0 Å². The van der Waals surface area contributed by atoms with Crippen molar-refractivity contribution in [1.29, 1.82) is 0 Å².